The Kier molecular flexibility index (Phi) is 6.58. The van der Waals surface area contributed by atoms with E-state index in [4.69, 9.17) is 9.47 Å². The van der Waals surface area contributed by atoms with Crippen LogP contribution in [0.4, 0.5) is 4.39 Å². The van der Waals surface area contributed by atoms with Gasteiger partial charge in [-0.05, 0) is 60.5 Å². The van der Waals surface area contributed by atoms with Crippen molar-refractivity contribution >= 4 is 22.8 Å². The van der Waals surface area contributed by atoms with Crippen LogP contribution in [0.2, 0.25) is 0 Å². The molecule has 0 radical (unpaired) electrons. The zero-order chi connectivity index (χ0) is 24.2. The number of H-pyrrole nitrogens is 1. The molecule has 1 heterocycles. The average Bonchev–Trinajstić information content (AvgIpc) is 3.32. The number of carbonyl (C=O) groups excluding carboxylic acids is 2. The SMILES string of the molecule is CCOc1cc(C(=O)N(C)Cc2cc(C(=O)OC)cc3cn[nH]c23)ccc1-c1cccc(F)c1. The van der Waals surface area contributed by atoms with Crippen molar-refractivity contribution in [3.05, 3.63) is 83.3 Å². The topological polar surface area (TPSA) is 84.5 Å². The van der Waals surface area contributed by atoms with Crippen LogP contribution in [0.15, 0.2) is 60.8 Å². The fourth-order valence-corrected chi connectivity index (χ4v) is 3.86. The number of carbonyl (C=O) groups is 2. The van der Waals surface area contributed by atoms with Gasteiger partial charge in [-0.1, -0.05) is 12.1 Å². The third kappa shape index (κ3) is 4.61. The highest BCUT2D eigenvalue weighted by molar-refractivity contribution is 5.97. The van der Waals surface area contributed by atoms with Crippen molar-refractivity contribution in [2.45, 2.75) is 13.5 Å². The highest BCUT2D eigenvalue weighted by Gasteiger charge is 2.19. The van der Waals surface area contributed by atoms with E-state index in [0.29, 0.717) is 34.6 Å². The third-order valence-electron chi connectivity index (χ3n) is 5.47. The lowest BCUT2D eigenvalue weighted by atomic mass is 10.0. The summed E-state index contributed by atoms with van der Waals surface area (Å²) in [5, 5.41) is 7.72. The van der Waals surface area contributed by atoms with Crippen LogP contribution in [0.3, 0.4) is 0 Å². The van der Waals surface area contributed by atoms with Gasteiger partial charge in [-0.3, -0.25) is 9.89 Å². The second-order valence-electron chi connectivity index (χ2n) is 7.78. The van der Waals surface area contributed by atoms with Crippen molar-refractivity contribution in [2.24, 2.45) is 0 Å². The van der Waals surface area contributed by atoms with Crippen molar-refractivity contribution < 1.29 is 23.5 Å². The van der Waals surface area contributed by atoms with Crippen molar-refractivity contribution in [3.63, 3.8) is 0 Å². The fraction of sp³-hybridized carbons (Fsp3) is 0.192. The number of nitrogens with zero attached hydrogens (tertiary/aromatic N) is 2. The number of ether oxygens (including phenoxy) is 2. The molecule has 7 nitrogen and oxygen atoms in total. The van der Waals surface area contributed by atoms with Crippen molar-refractivity contribution in [1.82, 2.24) is 15.1 Å². The average molecular weight is 461 g/mol. The van der Waals surface area contributed by atoms with E-state index >= 15 is 0 Å². The molecule has 0 aliphatic heterocycles. The van der Waals surface area contributed by atoms with Crippen LogP contribution in [0.5, 0.6) is 5.75 Å². The Morgan fingerprint density at radius 3 is 2.65 bits per heavy atom. The van der Waals surface area contributed by atoms with Crippen molar-refractivity contribution in [1.29, 1.82) is 0 Å². The standard InChI is InChI=1S/C26H24FN3O4/c1-4-34-23-13-17(8-9-22(23)16-6-5-7-21(27)12-16)25(31)30(2)15-20-11-18(26(32)33-3)10-19-14-28-29-24(19)20/h5-14H,4,15H2,1-3H3,(H,28,29). The van der Waals surface area contributed by atoms with Gasteiger partial charge in [0.2, 0.25) is 0 Å². The molecule has 0 atom stereocenters. The summed E-state index contributed by atoms with van der Waals surface area (Å²) in [6.07, 6.45) is 1.62. The molecule has 0 spiro atoms. The van der Waals surface area contributed by atoms with Gasteiger partial charge in [-0.25, -0.2) is 9.18 Å². The normalized spacial score (nSPS) is 10.8. The number of aromatic nitrogens is 2. The minimum absolute atomic E-state index is 0.233. The Labute approximate surface area is 196 Å². The van der Waals surface area contributed by atoms with E-state index in [0.717, 1.165) is 16.5 Å². The van der Waals surface area contributed by atoms with Gasteiger partial charge in [0.15, 0.2) is 0 Å². The first kappa shape index (κ1) is 23.0. The lowest BCUT2D eigenvalue weighted by Gasteiger charge is -2.19. The number of aromatic amines is 1. The van der Waals surface area contributed by atoms with Gasteiger partial charge in [0.1, 0.15) is 11.6 Å². The minimum atomic E-state index is -0.465. The van der Waals surface area contributed by atoms with Crippen LogP contribution < -0.4 is 4.74 Å². The molecule has 8 heteroatoms. The monoisotopic (exact) mass is 461 g/mol. The number of rotatable bonds is 7. The third-order valence-corrected chi connectivity index (χ3v) is 5.47. The number of benzene rings is 3. The second-order valence-corrected chi connectivity index (χ2v) is 7.78. The van der Waals surface area contributed by atoms with Gasteiger partial charge < -0.3 is 14.4 Å². The Hall–Kier alpha value is -4.20. The highest BCUT2D eigenvalue weighted by Crippen LogP contribution is 2.32. The number of hydrogen-bond acceptors (Lipinski definition) is 5. The molecule has 3 aromatic carbocycles. The zero-order valence-electron chi connectivity index (χ0n) is 19.1. The predicted octanol–water partition coefficient (Wildman–Crippen LogP) is 4.83. The molecule has 34 heavy (non-hydrogen) atoms. The minimum Gasteiger partial charge on any atom is -0.493 e. The van der Waals surface area contributed by atoms with E-state index in [9.17, 15) is 14.0 Å². The summed E-state index contributed by atoms with van der Waals surface area (Å²) in [6, 6.07) is 14.7. The number of methoxy groups -OCH3 is 1. The van der Waals surface area contributed by atoms with Gasteiger partial charge in [0.25, 0.3) is 5.91 Å². The molecule has 0 saturated heterocycles. The fourth-order valence-electron chi connectivity index (χ4n) is 3.86. The second kappa shape index (κ2) is 9.74. The van der Waals surface area contributed by atoms with Crippen LogP contribution >= 0.6 is 0 Å². The van der Waals surface area contributed by atoms with Crippen molar-refractivity contribution in [2.75, 3.05) is 20.8 Å². The first-order valence-electron chi connectivity index (χ1n) is 10.7. The maximum absolute atomic E-state index is 13.7. The van der Waals surface area contributed by atoms with Gasteiger partial charge >= 0.3 is 5.97 Å². The number of nitrogens with one attached hydrogen (secondary N) is 1. The molecular formula is C26H24FN3O4. The highest BCUT2D eigenvalue weighted by atomic mass is 19.1. The smallest absolute Gasteiger partial charge is 0.337 e. The van der Waals surface area contributed by atoms with Crippen LogP contribution in [0, 0.1) is 5.82 Å². The molecule has 174 valence electrons. The van der Waals surface area contributed by atoms with Gasteiger partial charge in [-0.15, -0.1) is 0 Å². The lowest BCUT2D eigenvalue weighted by molar-refractivity contribution is 0.0600. The first-order valence-corrected chi connectivity index (χ1v) is 10.7. The summed E-state index contributed by atoms with van der Waals surface area (Å²) in [5.41, 5.74) is 3.64. The van der Waals surface area contributed by atoms with Gasteiger partial charge in [0.05, 0.1) is 31.0 Å². The number of amides is 1. The molecule has 0 bridgehead atoms. The Balaban J connectivity index is 1.64. The maximum atomic E-state index is 13.7. The first-order chi connectivity index (χ1) is 16.4. The van der Waals surface area contributed by atoms with E-state index in [-0.39, 0.29) is 18.3 Å². The molecule has 4 rings (SSSR count). The Morgan fingerprint density at radius 2 is 1.91 bits per heavy atom. The quantitative estimate of drug-likeness (QED) is 0.399. The van der Waals surface area contributed by atoms with Gasteiger partial charge in [-0.2, -0.15) is 5.10 Å². The molecule has 1 N–H and O–H groups in total. The van der Waals surface area contributed by atoms with E-state index < -0.39 is 5.97 Å². The zero-order valence-corrected chi connectivity index (χ0v) is 19.1. The maximum Gasteiger partial charge on any atom is 0.337 e. The summed E-state index contributed by atoms with van der Waals surface area (Å²) < 4.78 is 24.3. The molecule has 0 saturated carbocycles. The van der Waals surface area contributed by atoms with Crippen LogP contribution in [-0.2, 0) is 11.3 Å². The number of halogens is 1. The van der Waals surface area contributed by atoms with Crippen LogP contribution in [0.25, 0.3) is 22.0 Å². The van der Waals surface area contributed by atoms with E-state index in [1.165, 1.54) is 19.2 Å². The summed E-state index contributed by atoms with van der Waals surface area (Å²) in [7, 11) is 3.00. The Morgan fingerprint density at radius 1 is 1.09 bits per heavy atom. The van der Waals surface area contributed by atoms with Crippen LogP contribution in [-0.4, -0.2) is 47.7 Å². The largest absolute Gasteiger partial charge is 0.493 e. The summed E-state index contributed by atoms with van der Waals surface area (Å²) >= 11 is 0. The molecule has 1 amide bonds. The van der Waals surface area contributed by atoms with E-state index in [1.54, 1.807) is 60.6 Å². The predicted molar refractivity (Wildman–Crippen MR) is 126 cm³/mol. The molecule has 4 aromatic rings. The number of hydrogen-bond donors (Lipinski definition) is 1. The molecule has 0 aliphatic carbocycles. The van der Waals surface area contributed by atoms with Crippen molar-refractivity contribution in [3.8, 4) is 16.9 Å². The summed E-state index contributed by atoms with van der Waals surface area (Å²) in [6.45, 7) is 2.48. The molecule has 0 fully saturated rings. The van der Waals surface area contributed by atoms with E-state index in [1.807, 2.05) is 6.92 Å². The van der Waals surface area contributed by atoms with E-state index in [2.05, 4.69) is 10.2 Å². The summed E-state index contributed by atoms with van der Waals surface area (Å²) in [5.74, 6) is -0.550. The molecular weight excluding hydrogens is 437 g/mol. The lowest BCUT2D eigenvalue weighted by Crippen LogP contribution is -2.26. The summed E-state index contributed by atoms with van der Waals surface area (Å²) in [4.78, 5) is 26.9. The number of esters is 1. The van der Waals surface area contributed by atoms with Gasteiger partial charge in [0, 0.05) is 30.1 Å². The molecule has 0 unspecified atom stereocenters. The van der Waals surface area contributed by atoms with Crippen LogP contribution in [0.1, 0.15) is 33.2 Å². The molecule has 1 aromatic heterocycles. The molecule has 0 aliphatic rings. The number of fused-ring (bicyclic) bond motifs is 1. The Bertz CT molecular complexity index is 1370.